The Morgan fingerprint density at radius 3 is 2.52 bits per heavy atom. The van der Waals surface area contributed by atoms with Crippen molar-refractivity contribution in [2.75, 3.05) is 12.4 Å². The number of carbonyl (C=O) groups is 1. The van der Waals surface area contributed by atoms with E-state index in [2.05, 4.69) is 41.2 Å². The highest BCUT2D eigenvalue weighted by Gasteiger charge is 2.22. The van der Waals surface area contributed by atoms with E-state index in [-0.39, 0.29) is 28.9 Å². The monoisotopic (exact) mass is 355 g/mol. The second-order valence-electron chi connectivity index (χ2n) is 5.31. The molecule has 0 bridgehead atoms. The molecule has 0 saturated carbocycles. The fourth-order valence-electron chi connectivity index (χ4n) is 1.41. The molecule has 0 unspecified atom stereocenters. The number of anilines is 1. The molecule has 0 aliphatic carbocycles. The van der Waals surface area contributed by atoms with Crippen molar-refractivity contribution in [2.45, 2.75) is 20.8 Å². The maximum absolute atomic E-state index is 12.0. The van der Waals surface area contributed by atoms with Crippen molar-refractivity contribution in [1.82, 2.24) is 19.9 Å². The van der Waals surface area contributed by atoms with Crippen molar-refractivity contribution in [3.63, 3.8) is 0 Å². The Balaban J connectivity index is 2.51. The van der Waals surface area contributed by atoms with Crippen LogP contribution < -0.4 is 15.6 Å². The van der Waals surface area contributed by atoms with Crippen LogP contribution in [0.4, 0.5) is 5.95 Å². The lowest BCUT2D eigenvalue weighted by Gasteiger charge is -2.16. The largest absolute Gasteiger partial charge is 0.479 e. The van der Waals surface area contributed by atoms with E-state index in [0.29, 0.717) is 4.60 Å². The summed E-state index contributed by atoms with van der Waals surface area (Å²) in [7, 11) is 1.43. The number of nitrogens with one attached hydrogen (secondary N) is 2. The molecular formula is C12H14BrN5O3. The number of hydrogen-bond donors (Lipinski definition) is 2. The van der Waals surface area contributed by atoms with E-state index in [0.717, 1.165) is 0 Å². The van der Waals surface area contributed by atoms with Gasteiger partial charge in [0.1, 0.15) is 0 Å². The Hall–Kier alpha value is -2.03. The van der Waals surface area contributed by atoms with Gasteiger partial charge in [0.15, 0.2) is 15.8 Å². The van der Waals surface area contributed by atoms with E-state index < -0.39 is 11.0 Å². The number of ether oxygens (including phenoxy) is 1. The Morgan fingerprint density at radius 1 is 1.29 bits per heavy atom. The number of aromatic amines is 1. The van der Waals surface area contributed by atoms with Crippen molar-refractivity contribution in [3.05, 3.63) is 15.0 Å². The predicted molar refractivity (Wildman–Crippen MR) is 80.3 cm³/mol. The van der Waals surface area contributed by atoms with E-state index in [9.17, 15) is 9.59 Å². The summed E-state index contributed by atoms with van der Waals surface area (Å²) >= 11 is 3.15. The molecule has 0 fully saturated rings. The van der Waals surface area contributed by atoms with E-state index in [4.69, 9.17) is 4.74 Å². The van der Waals surface area contributed by atoms with E-state index in [1.54, 1.807) is 20.8 Å². The molecule has 0 aliphatic rings. The van der Waals surface area contributed by atoms with Crippen LogP contribution in [-0.2, 0) is 4.79 Å². The van der Waals surface area contributed by atoms with Crippen LogP contribution in [0.15, 0.2) is 9.40 Å². The highest BCUT2D eigenvalue weighted by Crippen LogP contribution is 2.21. The number of H-pyrrole nitrogens is 1. The first-order valence-electron chi connectivity index (χ1n) is 6.05. The number of carbonyl (C=O) groups excluding carboxylic acids is 1. The second-order valence-corrected chi connectivity index (χ2v) is 6.07. The molecule has 0 aliphatic heterocycles. The van der Waals surface area contributed by atoms with Crippen molar-refractivity contribution in [3.8, 4) is 5.88 Å². The molecule has 2 heterocycles. The quantitative estimate of drug-likeness (QED) is 0.843. The molecule has 2 rings (SSSR count). The standard InChI is InChI=1S/C12H14BrN5O3/c1-12(2,3)10(20)18-11-16-7-5(8(19)17-11)14-6(13)9(15-7)21-4/h1-4H3,(H2,15,16,17,18,19,20). The van der Waals surface area contributed by atoms with E-state index in [1.807, 2.05) is 0 Å². The SMILES string of the molecule is COc1nc2nc(NC(=O)C(C)(C)C)[nH]c(=O)c2nc1Br. The number of halogens is 1. The summed E-state index contributed by atoms with van der Waals surface area (Å²) < 4.78 is 5.31. The van der Waals surface area contributed by atoms with Crippen LogP contribution in [0.1, 0.15) is 20.8 Å². The minimum atomic E-state index is -0.614. The van der Waals surface area contributed by atoms with Crippen molar-refractivity contribution >= 4 is 38.9 Å². The van der Waals surface area contributed by atoms with Gasteiger partial charge in [0.25, 0.3) is 5.56 Å². The van der Waals surface area contributed by atoms with Crippen LogP contribution >= 0.6 is 15.9 Å². The Morgan fingerprint density at radius 2 is 1.95 bits per heavy atom. The number of hydrogen-bond acceptors (Lipinski definition) is 6. The van der Waals surface area contributed by atoms with Gasteiger partial charge in [0.2, 0.25) is 17.7 Å². The van der Waals surface area contributed by atoms with E-state index >= 15 is 0 Å². The molecule has 2 N–H and O–H groups in total. The molecule has 0 atom stereocenters. The summed E-state index contributed by atoms with van der Waals surface area (Å²) in [6.07, 6.45) is 0. The third-order valence-corrected chi connectivity index (χ3v) is 3.09. The summed E-state index contributed by atoms with van der Waals surface area (Å²) in [6.45, 7) is 5.25. The van der Waals surface area contributed by atoms with Gasteiger partial charge < -0.3 is 4.74 Å². The average molecular weight is 356 g/mol. The third kappa shape index (κ3) is 3.18. The maximum Gasteiger partial charge on any atom is 0.280 e. The smallest absolute Gasteiger partial charge is 0.280 e. The highest BCUT2D eigenvalue weighted by atomic mass is 79.9. The van der Waals surface area contributed by atoms with E-state index in [1.165, 1.54) is 7.11 Å². The summed E-state index contributed by atoms with van der Waals surface area (Å²) in [6, 6.07) is 0. The molecule has 2 aromatic rings. The lowest BCUT2D eigenvalue weighted by atomic mass is 9.96. The van der Waals surface area contributed by atoms with Gasteiger partial charge in [0.05, 0.1) is 7.11 Å². The van der Waals surface area contributed by atoms with Gasteiger partial charge in [-0.25, -0.2) is 4.98 Å². The Bertz CT molecular complexity index is 766. The molecule has 2 aromatic heterocycles. The summed E-state index contributed by atoms with van der Waals surface area (Å²) in [5.74, 6) is -0.0539. The van der Waals surface area contributed by atoms with Crippen LogP contribution in [0.2, 0.25) is 0 Å². The number of amides is 1. The van der Waals surface area contributed by atoms with Crippen molar-refractivity contribution < 1.29 is 9.53 Å². The molecular weight excluding hydrogens is 342 g/mol. The number of methoxy groups -OCH3 is 1. The van der Waals surface area contributed by atoms with Gasteiger partial charge in [0, 0.05) is 5.41 Å². The number of aromatic nitrogens is 4. The molecule has 0 aromatic carbocycles. The van der Waals surface area contributed by atoms with Gasteiger partial charge in [-0.05, 0) is 15.9 Å². The Kier molecular flexibility index (Phi) is 3.95. The highest BCUT2D eigenvalue weighted by molar-refractivity contribution is 9.10. The first-order valence-corrected chi connectivity index (χ1v) is 6.84. The zero-order chi connectivity index (χ0) is 15.8. The van der Waals surface area contributed by atoms with Crippen molar-refractivity contribution in [1.29, 1.82) is 0 Å². The van der Waals surface area contributed by atoms with Crippen LogP contribution in [0.5, 0.6) is 5.88 Å². The van der Waals surface area contributed by atoms with Crippen LogP contribution in [0, 0.1) is 5.41 Å². The summed E-state index contributed by atoms with van der Waals surface area (Å²) in [5, 5.41) is 2.54. The first kappa shape index (κ1) is 15.4. The van der Waals surface area contributed by atoms with Gasteiger partial charge in [-0.2, -0.15) is 9.97 Å². The molecule has 21 heavy (non-hydrogen) atoms. The number of fused-ring (bicyclic) bond motifs is 1. The van der Waals surface area contributed by atoms with Gasteiger partial charge in [-0.3, -0.25) is 19.9 Å². The zero-order valence-electron chi connectivity index (χ0n) is 11.9. The second kappa shape index (κ2) is 5.40. The molecule has 0 radical (unpaired) electrons. The minimum absolute atomic E-state index is 0.0195. The average Bonchev–Trinajstić information content (AvgIpc) is 2.38. The molecule has 1 amide bonds. The first-order chi connectivity index (χ1) is 9.72. The molecule has 0 spiro atoms. The Labute approximate surface area is 128 Å². The lowest BCUT2D eigenvalue weighted by molar-refractivity contribution is -0.123. The zero-order valence-corrected chi connectivity index (χ0v) is 13.5. The predicted octanol–water partition coefficient (Wildman–Crippen LogP) is 1.47. The molecule has 9 heteroatoms. The lowest BCUT2D eigenvalue weighted by Crippen LogP contribution is -2.29. The van der Waals surface area contributed by atoms with Crippen LogP contribution in [0.25, 0.3) is 11.2 Å². The molecule has 112 valence electrons. The topological polar surface area (TPSA) is 110 Å². The third-order valence-electron chi connectivity index (χ3n) is 2.58. The summed E-state index contributed by atoms with van der Waals surface area (Å²) in [4.78, 5) is 38.5. The summed E-state index contributed by atoms with van der Waals surface area (Å²) in [5.41, 5.74) is -0.976. The molecule has 8 nitrogen and oxygen atoms in total. The minimum Gasteiger partial charge on any atom is -0.479 e. The fourth-order valence-corrected chi connectivity index (χ4v) is 1.83. The maximum atomic E-state index is 12.0. The van der Waals surface area contributed by atoms with Crippen molar-refractivity contribution in [2.24, 2.45) is 5.41 Å². The molecule has 0 saturated heterocycles. The fraction of sp³-hybridized carbons (Fsp3) is 0.417. The number of rotatable bonds is 2. The normalized spacial score (nSPS) is 11.5. The van der Waals surface area contributed by atoms with Gasteiger partial charge in [-0.1, -0.05) is 20.8 Å². The van der Waals surface area contributed by atoms with Gasteiger partial charge >= 0.3 is 0 Å². The number of nitrogens with zero attached hydrogens (tertiary/aromatic N) is 3. The van der Waals surface area contributed by atoms with Gasteiger partial charge in [-0.15, -0.1) is 0 Å². The van der Waals surface area contributed by atoms with Crippen LogP contribution in [-0.4, -0.2) is 33.0 Å². The van der Waals surface area contributed by atoms with Crippen LogP contribution in [0.3, 0.4) is 0 Å².